The molecule has 6 aromatic rings. The van der Waals surface area contributed by atoms with E-state index in [1.165, 1.54) is 83.9 Å². The van der Waals surface area contributed by atoms with Crippen molar-refractivity contribution in [1.29, 1.82) is 0 Å². The minimum absolute atomic E-state index is 0.118. The monoisotopic (exact) mass is 594 g/mol. The van der Waals surface area contributed by atoms with Crippen LogP contribution in [0.4, 0.5) is 34.1 Å². The molecule has 6 aromatic carbocycles. The van der Waals surface area contributed by atoms with Gasteiger partial charge in [-0.1, -0.05) is 115 Å². The summed E-state index contributed by atoms with van der Waals surface area (Å²) in [6.45, 7) is 13.6. The van der Waals surface area contributed by atoms with E-state index in [2.05, 4.69) is 179 Å². The Morgan fingerprint density at radius 1 is 0.435 bits per heavy atom. The molecule has 0 spiro atoms. The van der Waals surface area contributed by atoms with E-state index in [9.17, 15) is 0 Å². The van der Waals surface area contributed by atoms with Crippen molar-refractivity contribution in [3.63, 3.8) is 0 Å². The smallest absolute Gasteiger partial charge is 0.252 e. The fourth-order valence-electron chi connectivity index (χ4n) is 7.57. The van der Waals surface area contributed by atoms with Gasteiger partial charge in [-0.3, -0.25) is 0 Å². The maximum absolute atomic E-state index is 2.52. The van der Waals surface area contributed by atoms with Gasteiger partial charge in [0.05, 0.1) is 0 Å². The van der Waals surface area contributed by atoms with Crippen LogP contribution in [0.25, 0.3) is 0 Å². The highest BCUT2D eigenvalue weighted by molar-refractivity contribution is 7.00. The molecule has 0 bridgehead atoms. The number of hydrogen-bond acceptors (Lipinski definition) is 2. The molecule has 46 heavy (non-hydrogen) atoms. The van der Waals surface area contributed by atoms with Crippen LogP contribution in [0.5, 0.6) is 0 Å². The zero-order valence-corrected chi connectivity index (χ0v) is 27.6. The van der Waals surface area contributed by atoms with E-state index >= 15 is 0 Å². The molecule has 0 saturated carbocycles. The van der Waals surface area contributed by atoms with Gasteiger partial charge in [0, 0.05) is 39.5 Å². The standard InChI is InChI=1S/C43H39BN2/c1-28-12-18-34(19-13-28)45-38-22-16-30(3)24-36(38)44-37-25-31(4)17-23-39(37)46(35-20-14-29(2)15-21-35)41-27-33(26-40(45)42(41)44)43(5,6)32-10-8-7-9-11-32/h7-27H,1-6H3. The van der Waals surface area contributed by atoms with Crippen LogP contribution >= 0.6 is 0 Å². The lowest BCUT2D eigenvalue weighted by atomic mass is 9.33. The second-order valence-electron chi connectivity index (χ2n) is 13.8. The molecule has 3 heteroatoms. The fraction of sp³-hybridized carbons (Fsp3) is 0.163. The van der Waals surface area contributed by atoms with Crippen molar-refractivity contribution in [2.75, 3.05) is 9.80 Å². The number of rotatable bonds is 4. The van der Waals surface area contributed by atoms with E-state index in [1.54, 1.807) is 0 Å². The van der Waals surface area contributed by atoms with Gasteiger partial charge in [0.25, 0.3) is 6.71 Å². The molecule has 0 unspecified atom stereocenters. The van der Waals surface area contributed by atoms with E-state index in [0.717, 1.165) is 0 Å². The van der Waals surface area contributed by atoms with Crippen molar-refractivity contribution in [2.24, 2.45) is 0 Å². The molecule has 0 amide bonds. The van der Waals surface area contributed by atoms with Gasteiger partial charge in [0.1, 0.15) is 0 Å². The third-order valence-corrected chi connectivity index (χ3v) is 10.2. The SMILES string of the molecule is Cc1ccc(N2c3ccc(C)cc3B3c4cc(C)ccc4N(c4ccc(C)cc4)c4cc(C(C)(C)c5ccccc5)cc2c43)cc1. The van der Waals surface area contributed by atoms with Crippen LogP contribution < -0.4 is 26.2 Å². The van der Waals surface area contributed by atoms with E-state index in [4.69, 9.17) is 0 Å². The first-order valence-electron chi connectivity index (χ1n) is 16.4. The Labute approximate surface area is 274 Å². The van der Waals surface area contributed by atoms with Gasteiger partial charge < -0.3 is 9.80 Å². The molecule has 0 saturated heterocycles. The van der Waals surface area contributed by atoms with Gasteiger partial charge in [-0.2, -0.15) is 0 Å². The second-order valence-corrected chi connectivity index (χ2v) is 13.8. The largest absolute Gasteiger partial charge is 0.311 e. The van der Waals surface area contributed by atoms with Crippen LogP contribution in [-0.4, -0.2) is 6.71 Å². The summed E-state index contributed by atoms with van der Waals surface area (Å²) in [7, 11) is 0. The number of aryl methyl sites for hydroxylation is 4. The maximum atomic E-state index is 2.52. The van der Waals surface area contributed by atoms with Gasteiger partial charge in [0.15, 0.2) is 0 Å². The zero-order valence-electron chi connectivity index (χ0n) is 27.6. The Morgan fingerprint density at radius 2 is 0.870 bits per heavy atom. The van der Waals surface area contributed by atoms with E-state index < -0.39 is 0 Å². The van der Waals surface area contributed by atoms with Crippen LogP contribution in [-0.2, 0) is 5.41 Å². The molecule has 0 fully saturated rings. The van der Waals surface area contributed by atoms with E-state index in [-0.39, 0.29) is 12.1 Å². The summed E-state index contributed by atoms with van der Waals surface area (Å²) < 4.78 is 0. The summed E-state index contributed by atoms with van der Waals surface area (Å²) in [5.41, 5.74) is 18.9. The molecule has 224 valence electrons. The number of fused-ring (bicyclic) bond motifs is 4. The highest BCUT2D eigenvalue weighted by Crippen LogP contribution is 2.47. The van der Waals surface area contributed by atoms with Gasteiger partial charge >= 0.3 is 0 Å². The van der Waals surface area contributed by atoms with Gasteiger partial charge in [-0.15, -0.1) is 0 Å². The highest BCUT2D eigenvalue weighted by atomic mass is 15.2. The van der Waals surface area contributed by atoms with Gasteiger partial charge in [0.2, 0.25) is 0 Å². The average molecular weight is 595 g/mol. The number of anilines is 6. The lowest BCUT2D eigenvalue weighted by molar-refractivity contribution is 0.641. The van der Waals surface area contributed by atoms with Crippen molar-refractivity contribution < 1.29 is 0 Å². The third-order valence-electron chi connectivity index (χ3n) is 10.2. The predicted octanol–water partition coefficient (Wildman–Crippen LogP) is 9.33. The molecule has 2 nitrogen and oxygen atoms in total. The normalized spacial score (nSPS) is 13.3. The van der Waals surface area contributed by atoms with E-state index in [1.807, 2.05) is 0 Å². The summed E-state index contributed by atoms with van der Waals surface area (Å²) in [6.07, 6.45) is 0. The molecule has 2 aliphatic heterocycles. The molecule has 2 heterocycles. The molecule has 8 rings (SSSR count). The first-order valence-corrected chi connectivity index (χ1v) is 16.4. The van der Waals surface area contributed by atoms with Crippen LogP contribution in [0.1, 0.15) is 47.2 Å². The minimum atomic E-state index is -0.221. The quantitative estimate of drug-likeness (QED) is 0.187. The van der Waals surface area contributed by atoms with Crippen molar-refractivity contribution in [3.8, 4) is 0 Å². The third kappa shape index (κ3) is 4.41. The summed E-state index contributed by atoms with van der Waals surface area (Å²) in [6, 6.07) is 48.0. The lowest BCUT2D eigenvalue weighted by Crippen LogP contribution is -2.61. The topological polar surface area (TPSA) is 6.48 Å². The van der Waals surface area contributed by atoms with E-state index in [0.29, 0.717) is 0 Å². The molecular formula is C43H39BN2. The number of hydrogen-bond donors (Lipinski definition) is 0. The lowest BCUT2D eigenvalue weighted by Gasteiger charge is -2.45. The average Bonchev–Trinajstić information content (AvgIpc) is 3.06. The van der Waals surface area contributed by atoms with Crippen LogP contribution in [0.15, 0.2) is 127 Å². The van der Waals surface area contributed by atoms with Gasteiger partial charge in [-0.25, -0.2) is 0 Å². The molecule has 0 N–H and O–H groups in total. The van der Waals surface area contributed by atoms with Crippen LogP contribution in [0, 0.1) is 27.7 Å². The Bertz CT molecular complexity index is 1990. The van der Waals surface area contributed by atoms with Crippen molar-refractivity contribution in [1.82, 2.24) is 0 Å². The fourth-order valence-corrected chi connectivity index (χ4v) is 7.57. The van der Waals surface area contributed by atoms with Crippen molar-refractivity contribution >= 4 is 57.2 Å². The second kappa shape index (κ2) is 10.5. The Kier molecular flexibility index (Phi) is 6.51. The molecule has 0 radical (unpaired) electrons. The number of nitrogens with zero attached hydrogens (tertiary/aromatic N) is 2. The van der Waals surface area contributed by atoms with Crippen LogP contribution in [0.3, 0.4) is 0 Å². The summed E-state index contributed by atoms with van der Waals surface area (Å²) in [5.74, 6) is 0. The summed E-state index contributed by atoms with van der Waals surface area (Å²) in [5, 5.41) is 0. The summed E-state index contributed by atoms with van der Waals surface area (Å²) >= 11 is 0. The van der Waals surface area contributed by atoms with Crippen molar-refractivity contribution in [3.05, 3.63) is 161 Å². The molecule has 0 aromatic heterocycles. The number of benzene rings is 6. The van der Waals surface area contributed by atoms with Crippen molar-refractivity contribution in [2.45, 2.75) is 47.0 Å². The van der Waals surface area contributed by atoms with Crippen LogP contribution in [0.2, 0.25) is 0 Å². The maximum Gasteiger partial charge on any atom is 0.252 e. The molecular weight excluding hydrogens is 555 g/mol. The Hall–Kier alpha value is -5.02. The Balaban J connectivity index is 1.51. The highest BCUT2D eigenvalue weighted by Gasteiger charge is 2.44. The minimum Gasteiger partial charge on any atom is -0.311 e. The molecule has 0 atom stereocenters. The summed E-state index contributed by atoms with van der Waals surface area (Å²) in [4.78, 5) is 5.03. The van der Waals surface area contributed by atoms with Gasteiger partial charge in [-0.05, 0) is 104 Å². The zero-order chi connectivity index (χ0) is 31.7. The molecule has 0 aliphatic carbocycles. The Morgan fingerprint density at radius 3 is 1.33 bits per heavy atom. The first kappa shape index (κ1) is 28.5. The molecule has 2 aliphatic rings. The first-order chi connectivity index (χ1) is 22.2. The predicted molar refractivity (Wildman–Crippen MR) is 198 cm³/mol.